The van der Waals surface area contributed by atoms with Gasteiger partial charge in [-0.3, -0.25) is 0 Å². The molecule has 0 unspecified atom stereocenters. The Morgan fingerprint density at radius 1 is 0.291 bits per heavy atom. The number of rotatable bonds is 39. The van der Waals surface area contributed by atoms with E-state index in [0.29, 0.717) is 0 Å². The van der Waals surface area contributed by atoms with Crippen molar-refractivity contribution in [2.75, 3.05) is 0 Å². The smallest absolute Gasteiger partial charge is 0.550 e. The molecule has 0 aliphatic carbocycles. The van der Waals surface area contributed by atoms with E-state index >= 15 is 0 Å². The Bertz CT molecular complexity index is 744. The first kappa shape index (κ1) is 59.8. The average molecular weight is 787 g/mol. The fraction of sp³-hybridized carbons (Fsp3) is 0.812. The van der Waals surface area contributed by atoms with E-state index in [1.807, 2.05) is 0 Å². The van der Waals surface area contributed by atoms with Gasteiger partial charge in [-0.2, -0.15) is 0 Å². The molecule has 318 valence electrons. The molecule has 0 fully saturated rings. The summed E-state index contributed by atoms with van der Waals surface area (Å²) in [6, 6.07) is 0. The molecular formula is C48H87AlO6. The van der Waals surface area contributed by atoms with Crippen LogP contribution in [0.1, 0.15) is 252 Å². The zero-order valence-electron chi connectivity index (χ0n) is 36.4. The van der Waals surface area contributed by atoms with E-state index in [1.165, 1.54) is 154 Å². The third-order valence-corrected chi connectivity index (χ3v) is 9.43. The second-order valence-electron chi connectivity index (χ2n) is 15.0. The monoisotopic (exact) mass is 787 g/mol. The van der Waals surface area contributed by atoms with Gasteiger partial charge in [-0.25, -0.2) is 0 Å². The second kappa shape index (κ2) is 56.5. The van der Waals surface area contributed by atoms with E-state index in [9.17, 15) is 29.7 Å². The third kappa shape index (κ3) is 70.5. The van der Waals surface area contributed by atoms with Gasteiger partial charge >= 0.3 is 17.4 Å². The molecule has 0 aliphatic rings. The third-order valence-electron chi connectivity index (χ3n) is 9.43. The fourth-order valence-corrected chi connectivity index (χ4v) is 5.96. The Morgan fingerprint density at radius 3 is 0.636 bits per heavy atom. The molecule has 0 bridgehead atoms. The first-order valence-electron chi connectivity index (χ1n) is 22.9. The molecule has 0 amide bonds. The molecule has 0 saturated heterocycles. The van der Waals surface area contributed by atoms with Crippen LogP contribution in [0.3, 0.4) is 0 Å². The maximum Gasteiger partial charge on any atom is 3.00 e. The zero-order chi connectivity index (χ0) is 40.4. The zero-order valence-corrected chi connectivity index (χ0v) is 37.6. The summed E-state index contributed by atoms with van der Waals surface area (Å²) in [6.45, 7) is 6.72. The molecule has 0 heterocycles. The molecule has 6 nitrogen and oxygen atoms in total. The van der Waals surface area contributed by atoms with Crippen molar-refractivity contribution in [3.8, 4) is 0 Å². The summed E-state index contributed by atoms with van der Waals surface area (Å²) >= 11 is 0. The van der Waals surface area contributed by atoms with Crippen molar-refractivity contribution in [1.82, 2.24) is 0 Å². The van der Waals surface area contributed by atoms with Gasteiger partial charge in [0.2, 0.25) is 0 Å². The number of unbranched alkanes of at least 4 members (excludes halogenated alkanes) is 27. The van der Waals surface area contributed by atoms with Gasteiger partial charge in [-0.15, -0.1) is 0 Å². The van der Waals surface area contributed by atoms with Crippen LogP contribution in [0.25, 0.3) is 0 Å². The van der Waals surface area contributed by atoms with Crippen molar-refractivity contribution in [2.24, 2.45) is 0 Å². The van der Waals surface area contributed by atoms with Gasteiger partial charge in [0.25, 0.3) is 0 Å². The van der Waals surface area contributed by atoms with E-state index < -0.39 is 17.9 Å². The summed E-state index contributed by atoms with van der Waals surface area (Å²) in [5.41, 5.74) is 0. The van der Waals surface area contributed by atoms with Crippen molar-refractivity contribution >= 4 is 35.3 Å². The molecule has 0 radical (unpaired) electrons. The Hall–Kier alpha value is -1.84. The largest absolute Gasteiger partial charge is 3.00 e. The van der Waals surface area contributed by atoms with Crippen LogP contribution in [-0.4, -0.2) is 35.3 Å². The molecule has 7 heteroatoms. The predicted octanol–water partition coefficient (Wildman–Crippen LogP) is 11.6. The van der Waals surface area contributed by atoms with Crippen LogP contribution >= 0.6 is 0 Å². The van der Waals surface area contributed by atoms with Gasteiger partial charge in [-0.1, -0.05) is 173 Å². The van der Waals surface area contributed by atoms with Crippen molar-refractivity contribution in [1.29, 1.82) is 0 Å². The first-order valence-corrected chi connectivity index (χ1v) is 22.9. The molecule has 0 aromatic heterocycles. The molecule has 0 rings (SSSR count). The molecule has 0 atom stereocenters. The number of aliphatic carboxylic acids is 3. The van der Waals surface area contributed by atoms with E-state index in [1.54, 1.807) is 0 Å². The minimum absolute atomic E-state index is 0. The van der Waals surface area contributed by atoms with Crippen molar-refractivity contribution < 1.29 is 29.7 Å². The first-order chi connectivity index (χ1) is 26.3. The number of carboxylic acids is 3. The summed E-state index contributed by atoms with van der Waals surface area (Å²) in [4.78, 5) is 30.5. The van der Waals surface area contributed by atoms with Crippen LogP contribution in [0.5, 0.6) is 0 Å². The predicted molar refractivity (Wildman–Crippen MR) is 231 cm³/mol. The number of hydrogen-bond acceptors (Lipinski definition) is 6. The maximum absolute atomic E-state index is 10.2. The minimum Gasteiger partial charge on any atom is -0.550 e. The summed E-state index contributed by atoms with van der Waals surface area (Å²) in [5, 5.41) is 30.5. The standard InChI is InChI=1S/3C16H30O2.Al/c3*1-2-3-4-5-6-7-8-9-10-11-12-13-14-15-16(17)18;/h3*7-8H,2-6,9-15H2,1H3,(H,17,18);/q;;;+3/p-3/b2*8-7+;8-7-;. The van der Waals surface area contributed by atoms with Crippen LogP contribution in [0.15, 0.2) is 36.5 Å². The molecule has 0 N–H and O–H groups in total. The molecule has 0 aromatic rings. The molecular weight excluding hydrogens is 700 g/mol. The van der Waals surface area contributed by atoms with Gasteiger partial charge in [0.15, 0.2) is 0 Å². The van der Waals surface area contributed by atoms with E-state index in [4.69, 9.17) is 0 Å². The van der Waals surface area contributed by atoms with Gasteiger partial charge in [0, 0.05) is 17.9 Å². The Labute approximate surface area is 352 Å². The molecule has 0 spiro atoms. The van der Waals surface area contributed by atoms with Crippen molar-refractivity contribution in [2.45, 2.75) is 252 Å². The molecule has 0 aliphatic heterocycles. The summed E-state index contributed by atoms with van der Waals surface area (Å²) in [5.74, 6) is -2.75. The summed E-state index contributed by atoms with van der Waals surface area (Å²) in [6.07, 6.45) is 53.9. The van der Waals surface area contributed by atoms with E-state index in [2.05, 4.69) is 57.2 Å². The molecule has 0 aromatic carbocycles. The number of hydrogen-bond donors (Lipinski definition) is 0. The second-order valence-corrected chi connectivity index (χ2v) is 15.0. The topological polar surface area (TPSA) is 120 Å². The SMILES string of the molecule is CCCCCC/C=C/CCCCCCCC(=O)[O-].CCCCCC/C=C/CCCCCCCC(=O)[O-].CCCCCC/C=C\CCCCCCCC(=O)[O-].[Al+3]. The van der Waals surface area contributed by atoms with E-state index in [-0.39, 0.29) is 36.6 Å². The minimum atomic E-state index is -0.916. The van der Waals surface area contributed by atoms with Gasteiger partial charge < -0.3 is 29.7 Å². The van der Waals surface area contributed by atoms with Crippen LogP contribution in [0.4, 0.5) is 0 Å². The Balaban J connectivity index is -0.000000351. The van der Waals surface area contributed by atoms with Crippen molar-refractivity contribution in [3.05, 3.63) is 36.5 Å². The van der Waals surface area contributed by atoms with Crippen LogP contribution < -0.4 is 15.3 Å². The quantitative estimate of drug-likeness (QED) is 0.0347. The normalized spacial score (nSPS) is 11.0. The Morgan fingerprint density at radius 2 is 0.455 bits per heavy atom. The van der Waals surface area contributed by atoms with Gasteiger partial charge in [0.05, 0.1) is 0 Å². The van der Waals surface area contributed by atoms with Crippen LogP contribution in [0, 0.1) is 0 Å². The van der Waals surface area contributed by atoms with Crippen LogP contribution in [-0.2, 0) is 14.4 Å². The van der Waals surface area contributed by atoms with Gasteiger partial charge in [-0.05, 0) is 116 Å². The van der Waals surface area contributed by atoms with Crippen molar-refractivity contribution in [3.63, 3.8) is 0 Å². The fourth-order valence-electron chi connectivity index (χ4n) is 5.96. The summed E-state index contributed by atoms with van der Waals surface area (Å²) in [7, 11) is 0. The van der Waals surface area contributed by atoms with Gasteiger partial charge in [0.1, 0.15) is 0 Å². The average Bonchev–Trinajstić information content (AvgIpc) is 3.14. The Kier molecular flexibility index (Phi) is 61.5. The maximum atomic E-state index is 10.2. The number of carboxylic acid groups (broad SMARTS) is 3. The van der Waals surface area contributed by atoms with Crippen LogP contribution in [0.2, 0.25) is 0 Å². The summed E-state index contributed by atoms with van der Waals surface area (Å²) < 4.78 is 0. The number of allylic oxidation sites excluding steroid dienone is 6. The molecule has 55 heavy (non-hydrogen) atoms. The van der Waals surface area contributed by atoms with E-state index in [0.717, 1.165) is 57.8 Å². The number of carbonyl (C=O) groups is 3. The number of carbonyl (C=O) groups excluding carboxylic acids is 3. The molecule has 0 saturated carbocycles.